The summed E-state index contributed by atoms with van der Waals surface area (Å²) in [5.74, 6) is 0.927. The van der Waals surface area contributed by atoms with Gasteiger partial charge in [-0.1, -0.05) is 28.1 Å². The summed E-state index contributed by atoms with van der Waals surface area (Å²) < 4.78 is 6.65. The molecule has 0 unspecified atom stereocenters. The summed E-state index contributed by atoms with van der Waals surface area (Å²) in [6, 6.07) is 12.5. The molecule has 0 radical (unpaired) electrons. The van der Waals surface area contributed by atoms with Crippen molar-refractivity contribution >= 4 is 21.6 Å². The summed E-state index contributed by atoms with van der Waals surface area (Å²) in [5.41, 5.74) is 4.92. The lowest BCUT2D eigenvalue weighted by atomic mass is 10.1. The molecule has 0 saturated heterocycles. The molecule has 0 bridgehead atoms. The number of nitrogens with one attached hydrogen (secondary N) is 1. The van der Waals surface area contributed by atoms with Gasteiger partial charge in [-0.15, -0.1) is 0 Å². The first kappa shape index (κ1) is 14.9. The molecule has 0 amide bonds. The Balaban J connectivity index is 2.11. The summed E-state index contributed by atoms with van der Waals surface area (Å²) in [4.78, 5) is 0. The predicted octanol–water partition coefficient (Wildman–Crippen LogP) is 5.08. The van der Waals surface area contributed by atoms with E-state index in [1.165, 1.54) is 22.4 Å². The van der Waals surface area contributed by atoms with Crippen LogP contribution in [-0.4, -0.2) is 6.61 Å². The van der Waals surface area contributed by atoms with E-state index >= 15 is 0 Å². The van der Waals surface area contributed by atoms with Crippen LogP contribution in [0.25, 0.3) is 0 Å². The Hall–Kier alpha value is -1.48. The van der Waals surface area contributed by atoms with Crippen LogP contribution < -0.4 is 10.1 Å². The number of anilines is 1. The second-order valence-corrected chi connectivity index (χ2v) is 5.76. The lowest BCUT2D eigenvalue weighted by Crippen LogP contribution is -2.03. The molecule has 2 aromatic carbocycles. The minimum Gasteiger partial charge on any atom is -0.494 e. The van der Waals surface area contributed by atoms with Gasteiger partial charge in [0.15, 0.2) is 0 Å². The average Bonchev–Trinajstić information content (AvgIpc) is 2.38. The van der Waals surface area contributed by atoms with Crippen LogP contribution in [-0.2, 0) is 6.54 Å². The van der Waals surface area contributed by atoms with Crippen molar-refractivity contribution in [3.05, 3.63) is 57.6 Å². The zero-order chi connectivity index (χ0) is 14.5. The van der Waals surface area contributed by atoms with Crippen LogP contribution in [0.4, 0.5) is 5.69 Å². The maximum atomic E-state index is 5.53. The number of hydrogen-bond donors (Lipinski definition) is 1. The molecule has 2 rings (SSSR count). The number of aryl methyl sites for hydroxylation is 2. The summed E-state index contributed by atoms with van der Waals surface area (Å²) in [6.07, 6.45) is 0. The maximum Gasteiger partial charge on any atom is 0.119 e. The van der Waals surface area contributed by atoms with Crippen molar-refractivity contribution in [1.82, 2.24) is 0 Å². The molecular formula is C17H20BrNO. The number of hydrogen-bond acceptors (Lipinski definition) is 2. The minimum absolute atomic E-state index is 0.696. The molecule has 0 fully saturated rings. The van der Waals surface area contributed by atoms with Crippen molar-refractivity contribution in [2.24, 2.45) is 0 Å². The third kappa shape index (κ3) is 3.76. The fraction of sp³-hybridized carbons (Fsp3) is 0.294. The van der Waals surface area contributed by atoms with Crippen molar-refractivity contribution < 1.29 is 4.74 Å². The molecule has 1 N–H and O–H groups in total. The van der Waals surface area contributed by atoms with Crippen molar-refractivity contribution in [1.29, 1.82) is 0 Å². The summed E-state index contributed by atoms with van der Waals surface area (Å²) in [7, 11) is 0. The SMILES string of the molecule is CCOc1cccc(CNc2c(C)cc(Br)cc2C)c1. The molecule has 0 saturated carbocycles. The molecule has 0 aliphatic carbocycles. The fourth-order valence-corrected chi connectivity index (χ4v) is 2.98. The van der Waals surface area contributed by atoms with Crippen LogP contribution in [0, 0.1) is 13.8 Å². The second kappa shape index (κ2) is 6.80. The van der Waals surface area contributed by atoms with Crippen molar-refractivity contribution in [2.45, 2.75) is 27.3 Å². The Bertz CT molecular complexity index is 572. The molecule has 20 heavy (non-hydrogen) atoms. The summed E-state index contributed by atoms with van der Waals surface area (Å²) in [5, 5.41) is 3.52. The van der Waals surface area contributed by atoms with Crippen LogP contribution >= 0.6 is 15.9 Å². The molecule has 0 aromatic heterocycles. The first-order chi connectivity index (χ1) is 9.60. The zero-order valence-electron chi connectivity index (χ0n) is 12.2. The lowest BCUT2D eigenvalue weighted by Gasteiger charge is -2.14. The Labute approximate surface area is 129 Å². The van der Waals surface area contributed by atoms with Crippen LogP contribution in [0.5, 0.6) is 5.75 Å². The van der Waals surface area contributed by atoms with Gasteiger partial charge in [-0.25, -0.2) is 0 Å². The van der Waals surface area contributed by atoms with Gasteiger partial charge in [0.05, 0.1) is 6.61 Å². The monoisotopic (exact) mass is 333 g/mol. The van der Waals surface area contributed by atoms with Gasteiger partial charge in [-0.2, -0.15) is 0 Å². The molecular weight excluding hydrogens is 314 g/mol. The van der Waals surface area contributed by atoms with Gasteiger partial charge in [0, 0.05) is 16.7 Å². The molecule has 0 atom stereocenters. The Kier molecular flexibility index (Phi) is 5.07. The van der Waals surface area contributed by atoms with Crippen LogP contribution in [0.15, 0.2) is 40.9 Å². The van der Waals surface area contributed by atoms with Gasteiger partial charge in [0.2, 0.25) is 0 Å². The molecule has 2 nitrogen and oxygen atoms in total. The van der Waals surface area contributed by atoms with E-state index in [1.54, 1.807) is 0 Å². The Morgan fingerprint density at radius 1 is 1.10 bits per heavy atom. The molecule has 106 valence electrons. The number of rotatable bonds is 5. The minimum atomic E-state index is 0.696. The van der Waals surface area contributed by atoms with Crippen molar-refractivity contribution in [3.8, 4) is 5.75 Å². The fourth-order valence-electron chi connectivity index (χ4n) is 2.29. The molecule has 3 heteroatoms. The molecule has 2 aromatic rings. The molecule has 0 aliphatic heterocycles. The highest BCUT2D eigenvalue weighted by atomic mass is 79.9. The van der Waals surface area contributed by atoms with E-state index < -0.39 is 0 Å². The Morgan fingerprint density at radius 3 is 2.45 bits per heavy atom. The van der Waals surface area contributed by atoms with Gasteiger partial charge in [-0.3, -0.25) is 0 Å². The van der Waals surface area contributed by atoms with E-state index in [1.807, 2.05) is 19.1 Å². The smallest absolute Gasteiger partial charge is 0.119 e. The normalized spacial score (nSPS) is 10.4. The first-order valence-electron chi connectivity index (χ1n) is 6.82. The van der Waals surface area contributed by atoms with E-state index in [2.05, 4.69) is 59.4 Å². The quantitative estimate of drug-likeness (QED) is 0.824. The summed E-state index contributed by atoms with van der Waals surface area (Å²) >= 11 is 3.53. The van der Waals surface area contributed by atoms with Gasteiger partial charge in [-0.05, 0) is 61.7 Å². The van der Waals surface area contributed by atoms with Crippen LogP contribution in [0.1, 0.15) is 23.6 Å². The van der Waals surface area contributed by atoms with E-state index in [0.29, 0.717) is 6.61 Å². The Morgan fingerprint density at radius 2 is 1.80 bits per heavy atom. The summed E-state index contributed by atoms with van der Waals surface area (Å²) in [6.45, 7) is 7.74. The number of halogens is 1. The molecule has 0 heterocycles. The highest BCUT2D eigenvalue weighted by Crippen LogP contribution is 2.25. The molecule has 0 spiro atoms. The second-order valence-electron chi connectivity index (χ2n) is 4.85. The topological polar surface area (TPSA) is 21.3 Å². The van der Waals surface area contributed by atoms with E-state index in [0.717, 1.165) is 16.8 Å². The average molecular weight is 334 g/mol. The van der Waals surface area contributed by atoms with Gasteiger partial charge in [0.25, 0.3) is 0 Å². The van der Waals surface area contributed by atoms with Crippen molar-refractivity contribution in [3.63, 3.8) is 0 Å². The molecule has 0 aliphatic rings. The lowest BCUT2D eigenvalue weighted by molar-refractivity contribution is 0.340. The third-order valence-electron chi connectivity index (χ3n) is 3.18. The number of benzene rings is 2. The zero-order valence-corrected chi connectivity index (χ0v) is 13.8. The van der Waals surface area contributed by atoms with Crippen molar-refractivity contribution in [2.75, 3.05) is 11.9 Å². The van der Waals surface area contributed by atoms with E-state index in [-0.39, 0.29) is 0 Å². The van der Waals surface area contributed by atoms with E-state index in [9.17, 15) is 0 Å². The van der Waals surface area contributed by atoms with E-state index in [4.69, 9.17) is 4.74 Å². The standard InChI is InChI=1S/C17H20BrNO/c1-4-20-16-7-5-6-14(10-16)11-19-17-12(2)8-15(18)9-13(17)3/h5-10,19H,4,11H2,1-3H3. The van der Waals surface area contributed by atoms with Gasteiger partial charge >= 0.3 is 0 Å². The van der Waals surface area contributed by atoms with Gasteiger partial charge < -0.3 is 10.1 Å². The third-order valence-corrected chi connectivity index (χ3v) is 3.63. The highest BCUT2D eigenvalue weighted by molar-refractivity contribution is 9.10. The maximum absolute atomic E-state index is 5.53. The van der Waals surface area contributed by atoms with Crippen LogP contribution in [0.2, 0.25) is 0 Å². The van der Waals surface area contributed by atoms with Gasteiger partial charge in [0.1, 0.15) is 5.75 Å². The highest BCUT2D eigenvalue weighted by Gasteiger charge is 2.04. The number of ether oxygens (including phenoxy) is 1. The predicted molar refractivity (Wildman–Crippen MR) is 88.6 cm³/mol. The first-order valence-corrected chi connectivity index (χ1v) is 7.62. The van der Waals surface area contributed by atoms with Crippen LogP contribution in [0.3, 0.4) is 0 Å². The largest absolute Gasteiger partial charge is 0.494 e.